The minimum Gasteiger partial charge on any atom is -0.376 e. The van der Waals surface area contributed by atoms with E-state index in [0.29, 0.717) is 12.7 Å². The summed E-state index contributed by atoms with van der Waals surface area (Å²) in [6, 6.07) is 0. The molecule has 1 rings (SSSR count). The topological polar surface area (TPSA) is 44.5 Å². The van der Waals surface area contributed by atoms with Gasteiger partial charge in [-0.15, -0.1) is 0 Å². The second-order valence-corrected chi connectivity index (χ2v) is 3.18. The zero-order chi connectivity index (χ0) is 8.27. The van der Waals surface area contributed by atoms with Crippen LogP contribution in [0.15, 0.2) is 0 Å². The molecule has 3 nitrogen and oxygen atoms in total. The van der Waals surface area contributed by atoms with E-state index in [1.165, 1.54) is 0 Å². The third kappa shape index (κ3) is 3.18. The molecule has 1 fully saturated rings. The Balaban J connectivity index is 2.17. The lowest BCUT2D eigenvalue weighted by molar-refractivity contribution is -0.0999. The lowest BCUT2D eigenvalue weighted by Crippen LogP contribution is -2.35. The van der Waals surface area contributed by atoms with Crippen molar-refractivity contribution in [2.75, 3.05) is 6.61 Å². The standard InChI is InChI=1S/C8H17NO2/c1-6-3-4-8(5-10-6)11-7(2)9/h6-8H,3-5,9H2,1-2H3/t6-,7?,8?/m0/s1. The summed E-state index contributed by atoms with van der Waals surface area (Å²) in [5, 5.41) is 0. The van der Waals surface area contributed by atoms with E-state index in [-0.39, 0.29) is 12.3 Å². The first-order chi connectivity index (χ1) is 5.18. The van der Waals surface area contributed by atoms with Crippen LogP contribution in [0.5, 0.6) is 0 Å². The van der Waals surface area contributed by atoms with E-state index in [2.05, 4.69) is 6.92 Å². The summed E-state index contributed by atoms with van der Waals surface area (Å²) in [6.45, 7) is 4.63. The van der Waals surface area contributed by atoms with E-state index in [0.717, 1.165) is 12.8 Å². The van der Waals surface area contributed by atoms with Crippen LogP contribution in [0.4, 0.5) is 0 Å². The summed E-state index contributed by atoms with van der Waals surface area (Å²) in [5.41, 5.74) is 5.48. The van der Waals surface area contributed by atoms with Crippen molar-refractivity contribution in [3.8, 4) is 0 Å². The van der Waals surface area contributed by atoms with Gasteiger partial charge in [-0.3, -0.25) is 0 Å². The number of hydrogen-bond acceptors (Lipinski definition) is 3. The van der Waals surface area contributed by atoms with Gasteiger partial charge >= 0.3 is 0 Å². The Hall–Kier alpha value is -0.120. The molecule has 1 saturated heterocycles. The summed E-state index contributed by atoms with van der Waals surface area (Å²) in [7, 11) is 0. The highest BCUT2D eigenvalue weighted by Gasteiger charge is 2.19. The molecule has 0 spiro atoms. The molecular weight excluding hydrogens is 142 g/mol. The third-order valence-corrected chi connectivity index (χ3v) is 1.87. The molecule has 3 heteroatoms. The molecule has 0 aliphatic carbocycles. The van der Waals surface area contributed by atoms with Crippen LogP contribution in [0, 0.1) is 0 Å². The average Bonchev–Trinajstić information content (AvgIpc) is 1.93. The molecule has 0 aromatic rings. The van der Waals surface area contributed by atoms with Crippen molar-refractivity contribution in [1.82, 2.24) is 0 Å². The van der Waals surface area contributed by atoms with Crippen LogP contribution in [0.3, 0.4) is 0 Å². The summed E-state index contributed by atoms with van der Waals surface area (Å²) in [5.74, 6) is 0. The third-order valence-electron chi connectivity index (χ3n) is 1.87. The molecule has 2 N–H and O–H groups in total. The number of nitrogens with two attached hydrogens (primary N) is 1. The van der Waals surface area contributed by atoms with Crippen molar-refractivity contribution in [3.63, 3.8) is 0 Å². The van der Waals surface area contributed by atoms with Crippen molar-refractivity contribution in [2.24, 2.45) is 5.73 Å². The van der Waals surface area contributed by atoms with E-state index < -0.39 is 0 Å². The summed E-state index contributed by atoms with van der Waals surface area (Å²) >= 11 is 0. The fourth-order valence-corrected chi connectivity index (χ4v) is 1.27. The van der Waals surface area contributed by atoms with Gasteiger partial charge in [0.15, 0.2) is 0 Å². The van der Waals surface area contributed by atoms with Crippen molar-refractivity contribution in [2.45, 2.75) is 45.1 Å². The predicted octanol–water partition coefficient (Wildman–Crippen LogP) is 0.875. The predicted molar refractivity (Wildman–Crippen MR) is 43.2 cm³/mol. The largest absolute Gasteiger partial charge is 0.376 e. The van der Waals surface area contributed by atoms with Crippen molar-refractivity contribution in [1.29, 1.82) is 0 Å². The second-order valence-electron chi connectivity index (χ2n) is 3.18. The molecule has 0 aromatic carbocycles. The number of hydrogen-bond donors (Lipinski definition) is 1. The lowest BCUT2D eigenvalue weighted by Gasteiger charge is -2.27. The highest BCUT2D eigenvalue weighted by molar-refractivity contribution is 4.67. The Morgan fingerprint density at radius 1 is 1.55 bits per heavy atom. The van der Waals surface area contributed by atoms with Crippen LogP contribution < -0.4 is 5.73 Å². The maximum Gasteiger partial charge on any atom is 0.103 e. The highest BCUT2D eigenvalue weighted by Crippen LogP contribution is 2.15. The molecule has 0 radical (unpaired) electrons. The molecule has 0 saturated carbocycles. The molecular formula is C8H17NO2. The van der Waals surface area contributed by atoms with Gasteiger partial charge in [0.1, 0.15) is 6.23 Å². The Morgan fingerprint density at radius 2 is 2.27 bits per heavy atom. The summed E-state index contributed by atoms with van der Waals surface area (Å²) < 4.78 is 10.8. The molecule has 11 heavy (non-hydrogen) atoms. The van der Waals surface area contributed by atoms with Crippen LogP contribution in [0.1, 0.15) is 26.7 Å². The second kappa shape index (κ2) is 4.04. The molecule has 1 heterocycles. The molecule has 2 unspecified atom stereocenters. The average molecular weight is 159 g/mol. The smallest absolute Gasteiger partial charge is 0.103 e. The van der Waals surface area contributed by atoms with Gasteiger partial charge in [0, 0.05) is 0 Å². The Morgan fingerprint density at radius 3 is 2.73 bits per heavy atom. The summed E-state index contributed by atoms with van der Waals surface area (Å²) in [6.07, 6.45) is 2.59. The first-order valence-corrected chi connectivity index (χ1v) is 4.21. The van der Waals surface area contributed by atoms with Crippen molar-refractivity contribution in [3.05, 3.63) is 0 Å². The van der Waals surface area contributed by atoms with E-state index >= 15 is 0 Å². The van der Waals surface area contributed by atoms with Crippen LogP contribution in [-0.2, 0) is 9.47 Å². The number of rotatable bonds is 2. The SMILES string of the molecule is CC(N)OC1CC[C@H](C)OC1. The zero-order valence-electron chi connectivity index (χ0n) is 7.25. The molecule has 1 aliphatic heterocycles. The van der Waals surface area contributed by atoms with Crippen LogP contribution >= 0.6 is 0 Å². The monoisotopic (exact) mass is 159 g/mol. The van der Waals surface area contributed by atoms with E-state index in [1.807, 2.05) is 6.92 Å². The van der Waals surface area contributed by atoms with Gasteiger partial charge in [-0.25, -0.2) is 0 Å². The van der Waals surface area contributed by atoms with Crippen molar-refractivity contribution < 1.29 is 9.47 Å². The fourth-order valence-electron chi connectivity index (χ4n) is 1.27. The van der Waals surface area contributed by atoms with Gasteiger partial charge in [-0.05, 0) is 26.7 Å². The maximum atomic E-state index is 5.48. The van der Waals surface area contributed by atoms with Crippen LogP contribution in [0.25, 0.3) is 0 Å². The fraction of sp³-hybridized carbons (Fsp3) is 1.00. The zero-order valence-corrected chi connectivity index (χ0v) is 7.25. The Kier molecular flexibility index (Phi) is 3.30. The molecule has 66 valence electrons. The molecule has 0 amide bonds. The van der Waals surface area contributed by atoms with Gasteiger partial charge in [0.25, 0.3) is 0 Å². The minimum atomic E-state index is -0.169. The normalized spacial score (nSPS) is 35.2. The van der Waals surface area contributed by atoms with E-state index in [1.54, 1.807) is 0 Å². The minimum absolute atomic E-state index is 0.169. The maximum absolute atomic E-state index is 5.48. The summed E-state index contributed by atoms with van der Waals surface area (Å²) in [4.78, 5) is 0. The molecule has 1 aliphatic rings. The first-order valence-electron chi connectivity index (χ1n) is 4.21. The lowest BCUT2D eigenvalue weighted by atomic mass is 10.1. The van der Waals surface area contributed by atoms with Gasteiger partial charge in [0.05, 0.1) is 18.8 Å². The van der Waals surface area contributed by atoms with E-state index in [4.69, 9.17) is 15.2 Å². The number of ether oxygens (including phenoxy) is 2. The Labute approximate surface area is 67.9 Å². The molecule has 0 bridgehead atoms. The van der Waals surface area contributed by atoms with Gasteiger partial charge in [-0.1, -0.05) is 0 Å². The van der Waals surface area contributed by atoms with E-state index in [9.17, 15) is 0 Å². The van der Waals surface area contributed by atoms with Gasteiger partial charge in [0.2, 0.25) is 0 Å². The first kappa shape index (κ1) is 8.97. The van der Waals surface area contributed by atoms with Crippen LogP contribution in [0.2, 0.25) is 0 Å². The van der Waals surface area contributed by atoms with Crippen molar-refractivity contribution >= 4 is 0 Å². The molecule has 3 atom stereocenters. The highest BCUT2D eigenvalue weighted by atomic mass is 16.5. The van der Waals surface area contributed by atoms with Gasteiger partial charge < -0.3 is 15.2 Å². The quantitative estimate of drug-likeness (QED) is 0.608. The van der Waals surface area contributed by atoms with Gasteiger partial charge in [-0.2, -0.15) is 0 Å². The Bertz CT molecular complexity index is 109. The van der Waals surface area contributed by atoms with Crippen LogP contribution in [-0.4, -0.2) is 25.0 Å². The molecule has 0 aromatic heterocycles.